The van der Waals surface area contributed by atoms with E-state index < -0.39 is 11.9 Å². The van der Waals surface area contributed by atoms with Crippen molar-refractivity contribution in [2.45, 2.75) is 31.0 Å². The SMILES string of the molecule is COc1cc(F)ccc1OC[C@H](O)CN1CCC2(CC1)Cc1cc(Cl)ccc1O2. The molecule has 1 spiro atoms. The number of methoxy groups -OCH3 is 1. The predicted molar refractivity (Wildman–Crippen MR) is 109 cm³/mol. The molecule has 2 heterocycles. The van der Waals surface area contributed by atoms with Crippen LogP contribution in [0.25, 0.3) is 0 Å². The summed E-state index contributed by atoms with van der Waals surface area (Å²) < 4.78 is 30.3. The first-order valence-electron chi connectivity index (χ1n) is 9.81. The zero-order valence-electron chi connectivity index (χ0n) is 16.4. The molecule has 2 aromatic rings. The number of hydrogen-bond acceptors (Lipinski definition) is 5. The fraction of sp³-hybridized carbons (Fsp3) is 0.455. The van der Waals surface area contributed by atoms with Gasteiger partial charge >= 0.3 is 0 Å². The molecule has 1 atom stereocenters. The van der Waals surface area contributed by atoms with Crippen LogP contribution in [0.3, 0.4) is 0 Å². The van der Waals surface area contributed by atoms with Gasteiger partial charge in [0.1, 0.15) is 29.9 Å². The molecule has 0 amide bonds. The zero-order chi connectivity index (χ0) is 20.4. The largest absolute Gasteiger partial charge is 0.493 e. The molecule has 0 aromatic heterocycles. The molecule has 1 saturated heterocycles. The van der Waals surface area contributed by atoms with Crippen molar-refractivity contribution in [2.24, 2.45) is 0 Å². The first-order valence-corrected chi connectivity index (χ1v) is 10.2. The first-order chi connectivity index (χ1) is 14.0. The summed E-state index contributed by atoms with van der Waals surface area (Å²) in [4.78, 5) is 2.22. The standard InChI is InChI=1S/C22H25ClFNO4/c1-27-21-11-17(24)3-5-20(21)28-14-18(26)13-25-8-6-22(7-9-25)12-15-10-16(23)2-4-19(15)29-22/h2-5,10-11,18,26H,6-9,12-14H2,1H3/t18-/m1/s1. The third-order valence-electron chi connectivity index (χ3n) is 5.65. The van der Waals surface area contributed by atoms with Gasteiger partial charge in [0.2, 0.25) is 0 Å². The molecule has 2 aliphatic rings. The molecule has 0 unspecified atom stereocenters. The number of likely N-dealkylation sites (tertiary alicyclic amines) is 1. The van der Waals surface area contributed by atoms with Crippen LogP contribution in [0.2, 0.25) is 5.02 Å². The third-order valence-corrected chi connectivity index (χ3v) is 5.89. The van der Waals surface area contributed by atoms with Crippen molar-refractivity contribution < 1.29 is 23.7 Å². The summed E-state index contributed by atoms with van der Waals surface area (Å²) in [5.41, 5.74) is 1.01. The van der Waals surface area contributed by atoms with Gasteiger partial charge in [-0.25, -0.2) is 4.39 Å². The number of aliphatic hydroxyl groups excluding tert-OH is 1. The second kappa shape index (κ2) is 8.38. The van der Waals surface area contributed by atoms with Crippen LogP contribution in [0.1, 0.15) is 18.4 Å². The predicted octanol–water partition coefficient (Wildman–Crippen LogP) is 3.70. The van der Waals surface area contributed by atoms with E-state index in [-0.39, 0.29) is 12.2 Å². The van der Waals surface area contributed by atoms with Gasteiger partial charge in [-0.2, -0.15) is 0 Å². The third kappa shape index (κ3) is 4.60. The van der Waals surface area contributed by atoms with Crippen molar-refractivity contribution in [3.63, 3.8) is 0 Å². The summed E-state index contributed by atoms with van der Waals surface area (Å²) in [5, 5.41) is 11.1. The Labute approximate surface area is 174 Å². The lowest BCUT2D eigenvalue weighted by Gasteiger charge is -2.39. The average molecular weight is 422 g/mol. The fourth-order valence-electron chi connectivity index (χ4n) is 4.12. The van der Waals surface area contributed by atoms with Crippen molar-refractivity contribution in [1.82, 2.24) is 4.90 Å². The summed E-state index contributed by atoms with van der Waals surface area (Å²) in [7, 11) is 1.46. The molecule has 5 nitrogen and oxygen atoms in total. The highest BCUT2D eigenvalue weighted by molar-refractivity contribution is 6.30. The number of halogens is 2. The van der Waals surface area contributed by atoms with E-state index in [1.165, 1.54) is 30.9 Å². The Balaban J connectivity index is 1.26. The van der Waals surface area contributed by atoms with Crippen molar-refractivity contribution in [3.05, 3.63) is 52.8 Å². The summed E-state index contributed by atoms with van der Waals surface area (Å²) >= 11 is 6.10. The van der Waals surface area contributed by atoms with E-state index in [0.29, 0.717) is 18.0 Å². The van der Waals surface area contributed by atoms with Gasteiger partial charge in [0.25, 0.3) is 0 Å². The molecule has 0 radical (unpaired) electrons. The molecule has 2 aliphatic heterocycles. The Kier molecular flexibility index (Phi) is 5.86. The number of hydrogen-bond donors (Lipinski definition) is 1. The number of rotatable bonds is 6. The Bertz CT molecular complexity index is 870. The topological polar surface area (TPSA) is 51.2 Å². The molecule has 156 valence electrons. The van der Waals surface area contributed by atoms with Gasteiger partial charge in [0.05, 0.1) is 7.11 Å². The first kappa shape index (κ1) is 20.3. The fourth-order valence-corrected chi connectivity index (χ4v) is 4.32. The van der Waals surface area contributed by atoms with E-state index in [1.807, 2.05) is 18.2 Å². The molecule has 1 fully saturated rings. The van der Waals surface area contributed by atoms with Crippen LogP contribution in [0.5, 0.6) is 17.2 Å². The maximum absolute atomic E-state index is 13.3. The van der Waals surface area contributed by atoms with Crippen LogP contribution in [0.4, 0.5) is 4.39 Å². The summed E-state index contributed by atoms with van der Waals surface area (Å²) in [6.45, 7) is 2.32. The highest BCUT2D eigenvalue weighted by Gasteiger charge is 2.42. The monoisotopic (exact) mass is 421 g/mol. The molecule has 0 bridgehead atoms. The van der Waals surface area contributed by atoms with E-state index in [1.54, 1.807) is 0 Å². The van der Waals surface area contributed by atoms with Gasteiger partial charge in [0.15, 0.2) is 11.5 Å². The number of benzene rings is 2. The van der Waals surface area contributed by atoms with Crippen LogP contribution in [-0.2, 0) is 6.42 Å². The van der Waals surface area contributed by atoms with E-state index in [0.717, 1.165) is 43.1 Å². The van der Waals surface area contributed by atoms with E-state index >= 15 is 0 Å². The number of nitrogens with zero attached hydrogens (tertiary/aromatic N) is 1. The number of piperidine rings is 1. The molecule has 29 heavy (non-hydrogen) atoms. The highest BCUT2D eigenvalue weighted by Crippen LogP contribution is 2.42. The summed E-state index contributed by atoms with van der Waals surface area (Å²) in [5.74, 6) is 1.27. The number of aliphatic hydroxyl groups is 1. The molecule has 4 rings (SSSR count). The molecular formula is C22H25ClFNO4. The number of ether oxygens (including phenoxy) is 3. The molecule has 0 saturated carbocycles. The summed E-state index contributed by atoms with van der Waals surface area (Å²) in [6, 6.07) is 9.88. The van der Waals surface area contributed by atoms with Crippen LogP contribution < -0.4 is 14.2 Å². The van der Waals surface area contributed by atoms with Gasteiger partial charge in [0, 0.05) is 50.0 Å². The van der Waals surface area contributed by atoms with Crippen molar-refractivity contribution in [2.75, 3.05) is 33.4 Å². The number of fused-ring (bicyclic) bond motifs is 1. The zero-order valence-corrected chi connectivity index (χ0v) is 17.1. The quantitative estimate of drug-likeness (QED) is 0.770. The lowest BCUT2D eigenvalue weighted by Crippen LogP contribution is -2.49. The maximum atomic E-state index is 13.3. The van der Waals surface area contributed by atoms with E-state index in [4.69, 9.17) is 25.8 Å². The van der Waals surface area contributed by atoms with Gasteiger partial charge in [-0.15, -0.1) is 0 Å². The van der Waals surface area contributed by atoms with E-state index in [2.05, 4.69) is 4.90 Å². The van der Waals surface area contributed by atoms with Crippen molar-refractivity contribution in [3.8, 4) is 17.2 Å². The highest BCUT2D eigenvalue weighted by atomic mass is 35.5. The lowest BCUT2D eigenvalue weighted by atomic mass is 9.87. The molecule has 0 aliphatic carbocycles. The van der Waals surface area contributed by atoms with Crippen molar-refractivity contribution >= 4 is 11.6 Å². The smallest absolute Gasteiger partial charge is 0.163 e. The molecule has 7 heteroatoms. The van der Waals surface area contributed by atoms with Crippen LogP contribution in [-0.4, -0.2) is 55.1 Å². The maximum Gasteiger partial charge on any atom is 0.163 e. The normalized spacial score (nSPS) is 18.9. The molecular weight excluding hydrogens is 397 g/mol. The minimum Gasteiger partial charge on any atom is -0.493 e. The van der Waals surface area contributed by atoms with Gasteiger partial charge in [-0.3, -0.25) is 0 Å². The van der Waals surface area contributed by atoms with Gasteiger partial charge in [-0.05, 0) is 35.9 Å². The second-order valence-corrected chi connectivity index (χ2v) is 8.21. The van der Waals surface area contributed by atoms with E-state index in [9.17, 15) is 9.50 Å². The Hall–Kier alpha value is -2.02. The minimum atomic E-state index is -0.653. The van der Waals surface area contributed by atoms with Gasteiger partial charge in [-0.1, -0.05) is 11.6 Å². The van der Waals surface area contributed by atoms with Crippen LogP contribution in [0.15, 0.2) is 36.4 Å². The summed E-state index contributed by atoms with van der Waals surface area (Å²) in [6.07, 6.45) is 2.03. The average Bonchev–Trinajstić information content (AvgIpc) is 3.05. The lowest BCUT2D eigenvalue weighted by molar-refractivity contribution is -0.00211. The second-order valence-electron chi connectivity index (χ2n) is 7.77. The molecule has 1 N–H and O–H groups in total. The Morgan fingerprint density at radius 2 is 2.00 bits per heavy atom. The Morgan fingerprint density at radius 3 is 2.76 bits per heavy atom. The molecule has 2 aromatic carbocycles. The van der Waals surface area contributed by atoms with Crippen LogP contribution >= 0.6 is 11.6 Å². The number of β-amino-alcohol motifs (C(OH)–C–C–N with tert-alkyl or cyclic N) is 1. The Morgan fingerprint density at radius 1 is 1.21 bits per heavy atom. The van der Waals surface area contributed by atoms with Crippen molar-refractivity contribution in [1.29, 1.82) is 0 Å². The van der Waals surface area contributed by atoms with Gasteiger partial charge < -0.3 is 24.2 Å². The minimum absolute atomic E-state index is 0.115. The van der Waals surface area contributed by atoms with Crippen LogP contribution in [0, 0.1) is 5.82 Å².